The number of nitrogens with one attached hydrogen (secondary N) is 1. The number of hydrogen-bond donors (Lipinski definition) is 3. The number of aliphatic imine (C=N–C) groups is 1. The van der Waals surface area contributed by atoms with Crippen molar-refractivity contribution in [1.29, 1.82) is 0 Å². The molecule has 0 saturated heterocycles. The van der Waals surface area contributed by atoms with Crippen LogP contribution in [0.15, 0.2) is 47.5 Å². The van der Waals surface area contributed by atoms with E-state index >= 15 is 0 Å². The average molecular weight is 535 g/mol. The van der Waals surface area contributed by atoms with Gasteiger partial charge in [-0.15, -0.1) is 0 Å². The van der Waals surface area contributed by atoms with Crippen molar-refractivity contribution in [2.75, 3.05) is 13.7 Å². The van der Waals surface area contributed by atoms with Gasteiger partial charge in [-0.3, -0.25) is 14.5 Å². The topological polar surface area (TPSA) is 126 Å². The third-order valence-electron chi connectivity index (χ3n) is 8.67. The number of nitrogens with two attached hydrogens (primary N) is 1. The fourth-order valence-corrected chi connectivity index (χ4v) is 6.17. The van der Waals surface area contributed by atoms with Crippen LogP contribution in [0.3, 0.4) is 0 Å². The molecule has 4 N–H and O–H groups in total. The van der Waals surface area contributed by atoms with Gasteiger partial charge in [-0.25, -0.2) is 4.99 Å². The van der Waals surface area contributed by atoms with Gasteiger partial charge in [0.15, 0.2) is 5.96 Å². The van der Waals surface area contributed by atoms with Crippen molar-refractivity contribution < 1.29 is 24.2 Å². The van der Waals surface area contributed by atoms with Crippen LogP contribution < -0.4 is 15.8 Å². The summed E-state index contributed by atoms with van der Waals surface area (Å²) in [6.45, 7) is 5.76. The van der Waals surface area contributed by atoms with E-state index in [1.807, 2.05) is 50.2 Å². The third-order valence-corrected chi connectivity index (χ3v) is 8.67. The van der Waals surface area contributed by atoms with E-state index in [0.29, 0.717) is 17.7 Å². The number of para-hydroxylation sites is 1. The van der Waals surface area contributed by atoms with Gasteiger partial charge in [0.2, 0.25) is 5.91 Å². The molecule has 4 atom stereocenters. The smallest absolute Gasteiger partial charge is 0.251 e. The van der Waals surface area contributed by atoms with Gasteiger partial charge in [-0.1, -0.05) is 38.1 Å². The SMILES string of the molecule is CCC1(CC)CC(=O)N([C@H]2c3cc(C(=O)N[C@@H]4c5ccccc5OC[C@@]4(C)O)ccc3CC[C@@H]2OC)C(N)=N1. The highest BCUT2D eigenvalue weighted by Crippen LogP contribution is 2.41. The molecule has 0 radical (unpaired) electrons. The number of fused-ring (bicyclic) bond motifs is 2. The molecule has 208 valence electrons. The molecular formula is C30H38N4O5. The van der Waals surface area contributed by atoms with Gasteiger partial charge >= 0.3 is 0 Å². The fourth-order valence-electron chi connectivity index (χ4n) is 6.17. The molecule has 2 aliphatic heterocycles. The number of rotatable bonds is 6. The van der Waals surface area contributed by atoms with Crippen molar-refractivity contribution in [3.63, 3.8) is 0 Å². The number of nitrogens with zero attached hydrogens (tertiary/aromatic N) is 2. The predicted octanol–water partition coefficient (Wildman–Crippen LogP) is 3.41. The van der Waals surface area contributed by atoms with Crippen LogP contribution in [0.25, 0.3) is 0 Å². The Morgan fingerprint density at radius 1 is 1.23 bits per heavy atom. The Balaban J connectivity index is 1.50. The van der Waals surface area contributed by atoms with Gasteiger partial charge < -0.3 is 25.6 Å². The summed E-state index contributed by atoms with van der Waals surface area (Å²) < 4.78 is 11.6. The molecule has 2 amide bonds. The second-order valence-electron chi connectivity index (χ2n) is 11.1. The lowest BCUT2D eigenvalue weighted by molar-refractivity contribution is -0.134. The number of hydrogen-bond acceptors (Lipinski definition) is 7. The van der Waals surface area contributed by atoms with Crippen molar-refractivity contribution in [2.45, 2.75) is 82.2 Å². The van der Waals surface area contributed by atoms with E-state index in [-0.39, 0.29) is 36.9 Å². The normalized spacial score (nSPS) is 27.6. The van der Waals surface area contributed by atoms with E-state index in [1.165, 1.54) is 0 Å². The first-order valence-corrected chi connectivity index (χ1v) is 13.7. The summed E-state index contributed by atoms with van der Waals surface area (Å²) in [7, 11) is 1.63. The lowest BCUT2D eigenvalue weighted by Crippen LogP contribution is -2.55. The molecule has 2 heterocycles. The lowest BCUT2D eigenvalue weighted by Gasteiger charge is -2.44. The summed E-state index contributed by atoms with van der Waals surface area (Å²) in [5.74, 6) is 0.410. The standard InChI is InChI=1S/C30H38N4O5/c1-5-30(6-2)16-24(35)34(28(31)33-30)25-21-15-19(12-11-18(21)13-14-23(25)38-4)27(36)32-26-20-9-7-8-10-22(20)39-17-29(26,3)37/h7-12,15,23,25-26,37H,5-6,13-14,16-17H2,1-4H3,(H2,31,33)(H,32,36)/t23-,25-,26+,29+/m0/s1. The first kappa shape index (κ1) is 27.1. The molecule has 5 rings (SSSR count). The maximum Gasteiger partial charge on any atom is 0.251 e. The molecule has 0 aromatic heterocycles. The molecule has 2 aromatic carbocycles. The van der Waals surface area contributed by atoms with Crippen molar-refractivity contribution >= 4 is 17.8 Å². The Hall–Kier alpha value is -3.43. The van der Waals surface area contributed by atoms with E-state index in [0.717, 1.165) is 36.0 Å². The molecule has 0 bridgehead atoms. The lowest BCUT2D eigenvalue weighted by atomic mass is 9.81. The molecule has 39 heavy (non-hydrogen) atoms. The Labute approximate surface area is 229 Å². The molecule has 0 spiro atoms. The van der Waals surface area contributed by atoms with E-state index in [2.05, 4.69) is 5.32 Å². The Morgan fingerprint density at radius 2 is 1.97 bits per heavy atom. The number of aliphatic hydroxyl groups is 1. The zero-order valence-electron chi connectivity index (χ0n) is 23.1. The van der Waals surface area contributed by atoms with Crippen molar-refractivity contribution in [1.82, 2.24) is 10.2 Å². The van der Waals surface area contributed by atoms with Gasteiger partial charge in [0.25, 0.3) is 5.91 Å². The van der Waals surface area contributed by atoms with Crippen LogP contribution in [-0.4, -0.2) is 58.7 Å². The maximum absolute atomic E-state index is 13.6. The summed E-state index contributed by atoms with van der Waals surface area (Å²) >= 11 is 0. The molecule has 9 nitrogen and oxygen atoms in total. The second-order valence-corrected chi connectivity index (χ2v) is 11.1. The quantitative estimate of drug-likeness (QED) is 0.521. The Kier molecular flexibility index (Phi) is 7.15. The van der Waals surface area contributed by atoms with Crippen LogP contribution in [0.2, 0.25) is 0 Å². The summed E-state index contributed by atoms with van der Waals surface area (Å²) in [4.78, 5) is 33.5. The van der Waals surface area contributed by atoms with E-state index in [1.54, 1.807) is 25.0 Å². The highest BCUT2D eigenvalue weighted by molar-refractivity contribution is 6.00. The zero-order valence-corrected chi connectivity index (χ0v) is 23.1. The third kappa shape index (κ3) is 4.78. The first-order chi connectivity index (χ1) is 18.6. The number of amides is 2. The van der Waals surface area contributed by atoms with Crippen molar-refractivity contribution in [3.05, 3.63) is 64.7 Å². The van der Waals surface area contributed by atoms with Crippen LogP contribution in [0.1, 0.15) is 85.6 Å². The predicted molar refractivity (Wildman–Crippen MR) is 147 cm³/mol. The second kappa shape index (κ2) is 10.3. The minimum absolute atomic E-state index is 0.0590. The highest BCUT2D eigenvalue weighted by Gasteiger charge is 2.45. The molecule has 2 aromatic rings. The fraction of sp³-hybridized carbons (Fsp3) is 0.500. The molecule has 0 unspecified atom stereocenters. The average Bonchev–Trinajstić information content (AvgIpc) is 2.93. The zero-order chi connectivity index (χ0) is 27.9. The number of carbonyl (C=O) groups excluding carboxylic acids is 2. The highest BCUT2D eigenvalue weighted by atomic mass is 16.5. The number of ether oxygens (including phenoxy) is 2. The summed E-state index contributed by atoms with van der Waals surface area (Å²) in [5, 5.41) is 14.1. The van der Waals surface area contributed by atoms with Gasteiger partial charge in [-0.2, -0.15) is 0 Å². The van der Waals surface area contributed by atoms with E-state index < -0.39 is 23.2 Å². The largest absolute Gasteiger partial charge is 0.490 e. The van der Waals surface area contributed by atoms with E-state index in [4.69, 9.17) is 20.2 Å². The van der Waals surface area contributed by atoms with Gasteiger partial charge in [0.05, 0.1) is 30.1 Å². The number of carbonyl (C=O) groups is 2. The molecule has 0 saturated carbocycles. The molecule has 1 aliphatic carbocycles. The number of benzene rings is 2. The summed E-state index contributed by atoms with van der Waals surface area (Å²) in [6.07, 6.45) is 2.89. The Morgan fingerprint density at radius 3 is 2.67 bits per heavy atom. The van der Waals surface area contributed by atoms with Crippen LogP contribution in [-0.2, 0) is 16.0 Å². The minimum atomic E-state index is -1.29. The van der Waals surface area contributed by atoms with Crippen LogP contribution in [0.5, 0.6) is 5.75 Å². The Bertz CT molecular complexity index is 1300. The molecular weight excluding hydrogens is 496 g/mol. The van der Waals surface area contributed by atoms with Crippen molar-refractivity contribution in [2.24, 2.45) is 10.7 Å². The molecule has 3 aliphatic rings. The number of methoxy groups -OCH3 is 1. The van der Waals surface area contributed by atoms with Crippen LogP contribution in [0, 0.1) is 0 Å². The molecule has 9 heteroatoms. The molecule has 0 fully saturated rings. The summed E-state index contributed by atoms with van der Waals surface area (Å²) in [5.41, 5.74) is 7.70. The minimum Gasteiger partial charge on any atom is -0.490 e. The van der Waals surface area contributed by atoms with Gasteiger partial charge in [-0.05, 0) is 61.9 Å². The monoisotopic (exact) mass is 534 g/mol. The van der Waals surface area contributed by atoms with Gasteiger partial charge in [0, 0.05) is 18.2 Å². The van der Waals surface area contributed by atoms with Crippen LogP contribution in [0.4, 0.5) is 0 Å². The van der Waals surface area contributed by atoms with E-state index in [9.17, 15) is 14.7 Å². The van der Waals surface area contributed by atoms with Gasteiger partial charge in [0.1, 0.15) is 18.0 Å². The van der Waals surface area contributed by atoms with Crippen molar-refractivity contribution in [3.8, 4) is 5.75 Å². The number of guanidine groups is 1. The van der Waals surface area contributed by atoms with Crippen LogP contribution >= 0.6 is 0 Å². The first-order valence-electron chi connectivity index (χ1n) is 13.7. The maximum atomic E-state index is 13.6. The number of aryl methyl sites for hydroxylation is 1. The summed E-state index contributed by atoms with van der Waals surface area (Å²) in [6, 6.07) is 11.8.